The number of anilines is 1. The Balaban J connectivity index is 1.22. The maximum absolute atomic E-state index is 12.7. The van der Waals surface area contributed by atoms with Crippen molar-refractivity contribution in [3.63, 3.8) is 0 Å². The third-order valence-electron chi connectivity index (χ3n) is 7.41. The topological polar surface area (TPSA) is 81.7 Å². The number of carbonyl (C=O) groups excluding carboxylic acids is 3. The quantitative estimate of drug-likeness (QED) is 0.120. The molecule has 0 radical (unpaired) electrons. The minimum atomic E-state index is -0.812. The highest BCUT2D eigenvalue weighted by Gasteiger charge is 2.24. The van der Waals surface area contributed by atoms with E-state index < -0.39 is 12.1 Å². The molecule has 0 aromatic heterocycles. The summed E-state index contributed by atoms with van der Waals surface area (Å²) in [5, 5.41) is 2.85. The number of Topliss-reactive ketones (excluding diaryl/α,β-unsaturated/α-hetero) is 1. The third-order valence-corrected chi connectivity index (χ3v) is 7.41. The summed E-state index contributed by atoms with van der Waals surface area (Å²) in [6.45, 7) is 6.34. The van der Waals surface area contributed by atoms with Gasteiger partial charge in [-0.3, -0.25) is 14.4 Å². The van der Waals surface area contributed by atoms with Gasteiger partial charge in [-0.1, -0.05) is 100.0 Å². The van der Waals surface area contributed by atoms with Gasteiger partial charge in [-0.25, -0.2) is 0 Å². The zero-order chi connectivity index (χ0) is 30.7. The van der Waals surface area contributed by atoms with Gasteiger partial charge in [0.15, 0.2) is 6.10 Å². The predicted molar refractivity (Wildman–Crippen MR) is 170 cm³/mol. The fraction of sp³-hybridized carbons (Fsp3) is 0.270. The number of rotatable bonds is 14. The van der Waals surface area contributed by atoms with E-state index in [-0.39, 0.29) is 29.9 Å². The number of ether oxygens (including phenoxy) is 2. The highest BCUT2D eigenvalue weighted by Crippen LogP contribution is 2.33. The van der Waals surface area contributed by atoms with Gasteiger partial charge in [-0.05, 0) is 60.4 Å². The van der Waals surface area contributed by atoms with Crippen LogP contribution in [0.2, 0.25) is 0 Å². The molecule has 4 rings (SSSR count). The van der Waals surface area contributed by atoms with Crippen LogP contribution in [0, 0.1) is 0 Å². The van der Waals surface area contributed by atoms with Crippen LogP contribution in [0.1, 0.15) is 74.4 Å². The van der Waals surface area contributed by atoms with Crippen LogP contribution >= 0.6 is 0 Å². The van der Waals surface area contributed by atoms with Crippen LogP contribution in [0.15, 0.2) is 109 Å². The Bertz CT molecular complexity index is 1480. The molecule has 6 heteroatoms. The molecule has 6 nitrogen and oxygen atoms in total. The molecule has 1 amide bonds. The van der Waals surface area contributed by atoms with Crippen molar-refractivity contribution in [3.05, 3.63) is 126 Å². The molecule has 1 atom stereocenters. The first-order valence-electron chi connectivity index (χ1n) is 14.8. The molecule has 0 fully saturated rings. The van der Waals surface area contributed by atoms with Crippen LogP contribution in [-0.2, 0) is 19.7 Å². The van der Waals surface area contributed by atoms with Crippen LogP contribution in [0.4, 0.5) is 5.69 Å². The summed E-state index contributed by atoms with van der Waals surface area (Å²) in [6, 6.07) is 34.5. The van der Waals surface area contributed by atoms with E-state index >= 15 is 0 Å². The highest BCUT2D eigenvalue weighted by molar-refractivity contribution is 6.00. The number of carbonyl (C=O) groups is 3. The lowest BCUT2D eigenvalue weighted by atomic mass is 9.78. The lowest BCUT2D eigenvalue weighted by Gasteiger charge is -2.26. The molecule has 4 aromatic carbocycles. The molecule has 0 heterocycles. The summed E-state index contributed by atoms with van der Waals surface area (Å²) >= 11 is 0. The minimum Gasteiger partial charge on any atom is -0.457 e. The van der Waals surface area contributed by atoms with Crippen molar-refractivity contribution in [2.75, 3.05) is 5.32 Å². The van der Waals surface area contributed by atoms with Crippen molar-refractivity contribution in [3.8, 4) is 11.5 Å². The smallest absolute Gasteiger partial charge is 0.306 e. The first-order valence-corrected chi connectivity index (χ1v) is 14.8. The van der Waals surface area contributed by atoms with Crippen molar-refractivity contribution in [2.45, 2.75) is 64.4 Å². The van der Waals surface area contributed by atoms with Crippen molar-refractivity contribution in [1.82, 2.24) is 0 Å². The van der Waals surface area contributed by atoms with E-state index in [1.165, 1.54) is 11.1 Å². The van der Waals surface area contributed by atoms with Gasteiger partial charge < -0.3 is 14.8 Å². The normalized spacial score (nSPS) is 11.8. The van der Waals surface area contributed by atoms with E-state index in [1.54, 1.807) is 48.5 Å². The summed E-state index contributed by atoms with van der Waals surface area (Å²) in [5.74, 6) is 0.493. The first kappa shape index (κ1) is 31.2. The second kappa shape index (κ2) is 15.0. The number of amides is 1. The Morgan fingerprint density at radius 1 is 0.721 bits per heavy atom. The molecular weight excluding hydrogens is 538 g/mol. The highest BCUT2D eigenvalue weighted by atomic mass is 16.5. The summed E-state index contributed by atoms with van der Waals surface area (Å²) in [5.41, 5.74) is 3.47. The lowest BCUT2D eigenvalue weighted by molar-refractivity contribution is -0.147. The van der Waals surface area contributed by atoms with Crippen LogP contribution in [0.3, 0.4) is 0 Å². The van der Waals surface area contributed by atoms with Crippen molar-refractivity contribution < 1.29 is 23.9 Å². The average Bonchev–Trinajstić information content (AvgIpc) is 3.02. The second-order valence-electron chi connectivity index (χ2n) is 11.0. The Kier molecular flexibility index (Phi) is 10.9. The molecule has 0 saturated heterocycles. The Morgan fingerprint density at radius 2 is 1.28 bits per heavy atom. The molecule has 4 aromatic rings. The molecule has 0 saturated carbocycles. The molecule has 0 aliphatic heterocycles. The van der Waals surface area contributed by atoms with Gasteiger partial charge in [0.05, 0.1) is 0 Å². The standard InChI is InChI=1S/C37H39NO5/c1-4-12-33(36(41)27-13-7-5-8-14-27)43-35(40)18-11-17-34(39)38-30-21-25-32(26-22-30)42-31-23-19-29(20-24-31)37(2,3)28-15-9-6-10-16-28/h5-10,13-16,19-26,33H,4,11-12,17-18H2,1-3H3,(H,38,39). The molecule has 222 valence electrons. The van der Waals surface area contributed by atoms with E-state index in [2.05, 4.69) is 55.6 Å². The van der Waals surface area contributed by atoms with Crippen LogP contribution in [-0.4, -0.2) is 23.8 Å². The molecule has 1 unspecified atom stereocenters. The first-order chi connectivity index (χ1) is 20.8. The number of hydrogen-bond donors (Lipinski definition) is 1. The molecule has 43 heavy (non-hydrogen) atoms. The molecule has 0 spiro atoms. The van der Waals surface area contributed by atoms with Gasteiger partial charge >= 0.3 is 5.97 Å². The Labute approximate surface area is 254 Å². The second-order valence-corrected chi connectivity index (χ2v) is 11.0. The summed E-state index contributed by atoms with van der Waals surface area (Å²) in [7, 11) is 0. The van der Waals surface area contributed by atoms with E-state index in [0.29, 0.717) is 36.3 Å². The van der Waals surface area contributed by atoms with Gasteiger partial charge in [-0.2, -0.15) is 0 Å². The lowest BCUT2D eigenvalue weighted by Crippen LogP contribution is -2.27. The summed E-state index contributed by atoms with van der Waals surface area (Å²) < 4.78 is 11.5. The molecular formula is C37H39NO5. The SMILES string of the molecule is CCCC(OC(=O)CCCC(=O)Nc1ccc(Oc2ccc(C(C)(C)c3ccccc3)cc2)cc1)C(=O)c1ccccc1. The predicted octanol–water partition coefficient (Wildman–Crippen LogP) is 8.51. The fourth-order valence-electron chi connectivity index (χ4n) is 4.83. The summed E-state index contributed by atoms with van der Waals surface area (Å²) in [6.07, 6.45) is 0.892. The van der Waals surface area contributed by atoms with Gasteiger partial charge in [0.2, 0.25) is 11.7 Å². The number of benzene rings is 4. The number of ketones is 1. The number of hydrogen-bond acceptors (Lipinski definition) is 5. The zero-order valence-corrected chi connectivity index (χ0v) is 25.0. The molecule has 0 bridgehead atoms. The largest absolute Gasteiger partial charge is 0.457 e. The van der Waals surface area contributed by atoms with E-state index in [1.807, 2.05) is 31.2 Å². The number of nitrogens with one attached hydrogen (secondary N) is 1. The van der Waals surface area contributed by atoms with Crippen LogP contribution < -0.4 is 10.1 Å². The maximum atomic E-state index is 12.7. The fourth-order valence-corrected chi connectivity index (χ4v) is 4.83. The van der Waals surface area contributed by atoms with E-state index in [0.717, 1.165) is 5.75 Å². The van der Waals surface area contributed by atoms with Crippen molar-refractivity contribution in [1.29, 1.82) is 0 Å². The third kappa shape index (κ3) is 8.89. The number of esters is 1. The summed E-state index contributed by atoms with van der Waals surface area (Å²) in [4.78, 5) is 37.6. The minimum absolute atomic E-state index is 0.0593. The van der Waals surface area contributed by atoms with Gasteiger partial charge in [-0.15, -0.1) is 0 Å². The van der Waals surface area contributed by atoms with Gasteiger partial charge in [0.25, 0.3) is 0 Å². The zero-order valence-electron chi connectivity index (χ0n) is 25.0. The van der Waals surface area contributed by atoms with Crippen LogP contribution in [0.5, 0.6) is 11.5 Å². The van der Waals surface area contributed by atoms with Gasteiger partial charge in [0.1, 0.15) is 11.5 Å². The Hall–Kier alpha value is -4.71. The molecule has 0 aliphatic carbocycles. The molecule has 1 N–H and O–H groups in total. The van der Waals surface area contributed by atoms with Crippen LogP contribution in [0.25, 0.3) is 0 Å². The van der Waals surface area contributed by atoms with E-state index in [4.69, 9.17) is 9.47 Å². The van der Waals surface area contributed by atoms with Gasteiger partial charge in [0, 0.05) is 29.5 Å². The molecule has 0 aliphatic rings. The van der Waals surface area contributed by atoms with Crippen molar-refractivity contribution >= 4 is 23.3 Å². The monoisotopic (exact) mass is 577 g/mol. The Morgan fingerprint density at radius 3 is 1.88 bits per heavy atom. The average molecular weight is 578 g/mol. The van der Waals surface area contributed by atoms with Crippen molar-refractivity contribution in [2.24, 2.45) is 0 Å². The maximum Gasteiger partial charge on any atom is 0.306 e. The van der Waals surface area contributed by atoms with E-state index in [9.17, 15) is 14.4 Å².